The van der Waals surface area contributed by atoms with Crippen molar-refractivity contribution in [1.29, 1.82) is 0 Å². The first-order valence-corrected chi connectivity index (χ1v) is 10.2. The van der Waals surface area contributed by atoms with Crippen LogP contribution in [0, 0.1) is 17.6 Å². The minimum absolute atomic E-state index is 0.0449. The Kier molecular flexibility index (Phi) is 5.83. The van der Waals surface area contributed by atoms with E-state index in [1.54, 1.807) is 0 Å². The number of ether oxygens (including phenoxy) is 2. The minimum Gasteiger partial charge on any atom is -0.378 e. The van der Waals surface area contributed by atoms with Gasteiger partial charge in [0.25, 0.3) is 0 Å². The molecule has 28 heavy (non-hydrogen) atoms. The van der Waals surface area contributed by atoms with Gasteiger partial charge >= 0.3 is 6.03 Å². The third kappa shape index (κ3) is 4.30. The molecule has 0 saturated carbocycles. The Morgan fingerprint density at radius 3 is 2.61 bits per heavy atom. The van der Waals surface area contributed by atoms with Crippen LogP contribution in [0.15, 0.2) is 18.2 Å². The molecule has 0 bridgehead atoms. The molecule has 154 valence electrons. The summed E-state index contributed by atoms with van der Waals surface area (Å²) in [5.41, 5.74) is -0.0655. The highest BCUT2D eigenvalue weighted by Gasteiger charge is 2.41. The number of likely N-dealkylation sites (tertiary alicyclic amines) is 1. The topological polar surface area (TPSA) is 50.8 Å². The van der Waals surface area contributed by atoms with Crippen molar-refractivity contribution >= 4 is 6.03 Å². The first-order valence-electron chi connectivity index (χ1n) is 10.2. The summed E-state index contributed by atoms with van der Waals surface area (Å²) in [4.78, 5) is 14.5. The maximum atomic E-state index is 13.9. The maximum Gasteiger partial charge on any atom is 0.317 e. The third-order valence-electron chi connectivity index (χ3n) is 6.34. The standard InChI is InChI=1S/C21H28F2N2O3/c22-18-2-1-3-19(23)17(18)12-15-4-8-25(9-5-15)20(26)24-16-6-10-28-21(13-16)7-11-27-14-21/h1-3,15-16H,4-14H2,(H,24,26)/t16-,21+/m0/s1. The van der Waals surface area contributed by atoms with Gasteiger partial charge in [0.1, 0.15) is 11.6 Å². The molecule has 1 aromatic rings. The first-order chi connectivity index (χ1) is 13.5. The number of hydrogen-bond acceptors (Lipinski definition) is 3. The molecular formula is C21H28F2N2O3. The maximum absolute atomic E-state index is 13.9. The Morgan fingerprint density at radius 1 is 1.18 bits per heavy atom. The molecule has 2 atom stereocenters. The molecule has 3 aliphatic heterocycles. The SMILES string of the molecule is O=C(N[C@H]1CCO[C@]2(CCOC2)C1)N1CCC(Cc2c(F)cccc2F)CC1. The fourth-order valence-electron chi connectivity index (χ4n) is 4.64. The molecule has 3 aliphatic rings. The van der Waals surface area contributed by atoms with Crippen molar-refractivity contribution in [1.82, 2.24) is 10.2 Å². The molecule has 4 rings (SSSR count). The fraction of sp³-hybridized carbons (Fsp3) is 0.667. The first kappa shape index (κ1) is 19.6. The van der Waals surface area contributed by atoms with Gasteiger partial charge in [-0.3, -0.25) is 0 Å². The van der Waals surface area contributed by atoms with Crippen molar-refractivity contribution in [3.63, 3.8) is 0 Å². The van der Waals surface area contributed by atoms with Crippen LogP contribution in [0.3, 0.4) is 0 Å². The van der Waals surface area contributed by atoms with Crippen LogP contribution in [-0.4, -0.2) is 55.5 Å². The molecule has 1 spiro atoms. The molecule has 5 nitrogen and oxygen atoms in total. The van der Waals surface area contributed by atoms with Crippen LogP contribution in [0.4, 0.5) is 13.6 Å². The Hall–Kier alpha value is -1.73. The van der Waals surface area contributed by atoms with E-state index in [0.29, 0.717) is 32.7 Å². The zero-order chi connectivity index (χ0) is 19.6. The van der Waals surface area contributed by atoms with Gasteiger partial charge in [0.15, 0.2) is 0 Å². The number of rotatable bonds is 3. The number of amides is 2. The lowest BCUT2D eigenvalue weighted by Gasteiger charge is -2.39. The number of hydrogen-bond donors (Lipinski definition) is 1. The quantitative estimate of drug-likeness (QED) is 0.856. The van der Waals surface area contributed by atoms with Crippen molar-refractivity contribution in [3.8, 4) is 0 Å². The van der Waals surface area contributed by atoms with Gasteiger partial charge in [-0.25, -0.2) is 13.6 Å². The van der Waals surface area contributed by atoms with Crippen molar-refractivity contribution in [2.45, 2.75) is 50.2 Å². The number of piperidine rings is 1. The Morgan fingerprint density at radius 2 is 1.93 bits per heavy atom. The van der Waals surface area contributed by atoms with Gasteiger partial charge in [0.2, 0.25) is 0 Å². The van der Waals surface area contributed by atoms with Gasteiger partial charge < -0.3 is 19.7 Å². The van der Waals surface area contributed by atoms with Gasteiger partial charge in [-0.05, 0) is 50.2 Å². The molecule has 3 fully saturated rings. The van der Waals surface area contributed by atoms with Crippen LogP contribution in [-0.2, 0) is 15.9 Å². The average Bonchev–Trinajstić information content (AvgIpc) is 3.13. The van der Waals surface area contributed by atoms with Crippen molar-refractivity contribution in [2.75, 3.05) is 32.9 Å². The van der Waals surface area contributed by atoms with E-state index in [4.69, 9.17) is 9.47 Å². The van der Waals surface area contributed by atoms with Gasteiger partial charge in [-0.15, -0.1) is 0 Å². The summed E-state index contributed by atoms with van der Waals surface area (Å²) in [6.07, 6.45) is 4.39. The molecule has 2 amide bonds. The average molecular weight is 394 g/mol. The number of halogens is 2. The molecule has 7 heteroatoms. The summed E-state index contributed by atoms with van der Waals surface area (Å²) in [5.74, 6) is -0.772. The number of carbonyl (C=O) groups excluding carboxylic acids is 1. The summed E-state index contributed by atoms with van der Waals surface area (Å²) in [5, 5.41) is 3.15. The number of nitrogens with one attached hydrogen (secondary N) is 1. The smallest absolute Gasteiger partial charge is 0.317 e. The Bertz CT molecular complexity index is 681. The molecule has 0 radical (unpaired) electrons. The lowest BCUT2D eigenvalue weighted by Crippen LogP contribution is -2.53. The van der Waals surface area contributed by atoms with Crippen LogP contribution in [0.1, 0.15) is 37.7 Å². The fourth-order valence-corrected chi connectivity index (χ4v) is 4.64. The number of urea groups is 1. The lowest BCUT2D eigenvalue weighted by molar-refractivity contribution is -0.0882. The zero-order valence-corrected chi connectivity index (χ0v) is 16.1. The number of carbonyl (C=O) groups is 1. The molecular weight excluding hydrogens is 366 g/mol. The molecule has 1 N–H and O–H groups in total. The second-order valence-corrected chi connectivity index (χ2v) is 8.31. The van der Waals surface area contributed by atoms with Gasteiger partial charge in [-0.1, -0.05) is 6.07 Å². The van der Waals surface area contributed by atoms with E-state index >= 15 is 0 Å². The molecule has 0 aliphatic carbocycles. The van der Waals surface area contributed by atoms with E-state index in [1.807, 2.05) is 4.90 Å². The normalized spacial score (nSPS) is 28.6. The highest BCUT2D eigenvalue weighted by Crippen LogP contribution is 2.33. The summed E-state index contributed by atoms with van der Waals surface area (Å²) in [7, 11) is 0. The summed E-state index contributed by atoms with van der Waals surface area (Å²) in [6.45, 7) is 3.20. The minimum atomic E-state index is -0.482. The van der Waals surface area contributed by atoms with Gasteiger partial charge in [0, 0.05) is 44.3 Å². The van der Waals surface area contributed by atoms with E-state index in [2.05, 4.69) is 5.32 Å². The van der Waals surface area contributed by atoms with Gasteiger partial charge in [0.05, 0.1) is 12.2 Å². The summed E-state index contributed by atoms with van der Waals surface area (Å²) in [6, 6.07) is 4.05. The largest absolute Gasteiger partial charge is 0.378 e. The van der Waals surface area contributed by atoms with Crippen LogP contribution in [0.25, 0.3) is 0 Å². The van der Waals surface area contributed by atoms with E-state index in [9.17, 15) is 13.6 Å². The highest BCUT2D eigenvalue weighted by molar-refractivity contribution is 5.74. The van der Waals surface area contributed by atoms with Crippen LogP contribution in [0.5, 0.6) is 0 Å². The predicted molar refractivity (Wildman–Crippen MR) is 100 cm³/mol. The molecule has 3 heterocycles. The second kappa shape index (κ2) is 8.33. The Balaban J connectivity index is 1.26. The van der Waals surface area contributed by atoms with Crippen molar-refractivity contribution < 1.29 is 23.0 Å². The molecule has 1 aromatic carbocycles. The van der Waals surface area contributed by atoms with Crippen LogP contribution < -0.4 is 5.32 Å². The van der Waals surface area contributed by atoms with E-state index < -0.39 is 11.6 Å². The van der Waals surface area contributed by atoms with Crippen LogP contribution in [0.2, 0.25) is 0 Å². The van der Waals surface area contributed by atoms with E-state index in [0.717, 1.165) is 38.7 Å². The van der Waals surface area contributed by atoms with Crippen molar-refractivity contribution in [2.24, 2.45) is 5.92 Å². The molecule has 0 unspecified atom stereocenters. The summed E-state index contributed by atoms with van der Waals surface area (Å²) < 4.78 is 39.1. The van der Waals surface area contributed by atoms with Crippen molar-refractivity contribution in [3.05, 3.63) is 35.4 Å². The van der Waals surface area contributed by atoms with E-state index in [-0.39, 0.29) is 29.2 Å². The lowest BCUT2D eigenvalue weighted by atomic mass is 9.89. The monoisotopic (exact) mass is 394 g/mol. The summed E-state index contributed by atoms with van der Waals surface area (Å²) >= 11 is 0. The molecule has 0 aromatic heterocycles. The number of benzene rings is 1. The van der Waals surface area contributed by atoms with Crippen LogP contribution >= 0.6 is 0 Å². The third-order valence-corrected chi connectivity index (χ3v) is 6.34. The van der Waals surface area contributed by atoms with E-state index in [1.165, 1.54) is 18.2 Å². The predicted octanol–water partition coefficient (Wildman–Crippen LogP) is 3.27. The van der Waals surface area contributed by atoms with Gasteiger partial charge in [-0.2, -0.15) is 0 Å². The molecule has 3 saturated heterocycles. The number of nitrogens with zero attached hydrogens (tertiary/aromatic N) is 1. The second-order valence-electron chi connectivity index (χ2n) is 8.31. The zero-order valence-electron chi connectivity index (χ0n) is 16.1. The Labute approximate surface area is 164 Å². The highest BCUT2D eigenvalue weighted by atomic mass is 19.1.